The van der Waals surface area contributed by atoms with Gasteiger partial charge < -0.3 is 4.74 Å². The molecule has 2 nitrogen and oxygen atoms in total. The van der Waals surface area contributed by atoms with Gasteiger partial charge in [-0.05, 0) is 30.2 Å². The Kier molecular flexibility index (Phi) is 3.81. The zero-order valence-corrected chi connectivity index (χ0v) is 10.3. The highest BCUT2D eigenvalue weighted by Crippen LogP contribution is 2.25. The SMILES string of the molecule is CC(C)c1ccc(OCC2CCCC2)nc1. The van der Waals surface area contributed by atoms with E-state index in [1.54, 1.807) is 0 Å². The number of pyridine rings is 1. The van der Waals surface area contributed by atoms with Crippen molar-refractivity contribution < 1.29 is 4.74 Å². The van der Waals surface area contributed by atoms with E-state index in [1.165, 1.54) is 31.2 Å². The molecular weight excluding hydrogens is 198 g/mol. The fraction of sp³-hybridized carbons (Fsp3) is 0.643. The summed E-state index contributed by atoms with van der Waals surface area (Å²) in [6.07, 6.45) is 7.31. The van der Waals surface area contributed by atoms with E-state index in [2.05, 4.69) is 24.9 Å². The molecule has 16 heavy (non-hydrogen) atoms. The molecule has 1 aliphatic carbocycles. The molecule has 1 heterocycles. The summed E-state index contributed by atoms with van der Waals surface area (Å²) in [6, 6.07) is 4.10. The van der Waals surface area contributed by atoms with Gasteiger partial charge >= 0.3 is 0 Å². The van der Waals surface area contributed by atoms with Gasteiger partial charge in [0.2, 0.25) is 5.88 Å². The number of ether oxygens (including phenoxy) is 1. The summed E-state index contributed by atoms with van der Waals surface area (Å²) in [6.45, 7) is 5.19. The molecule has 2 rings (SSSR count). The smallest absolute Gasteiger partial charge is 0.213 e. The van der Waals surface area contributed by atoms with Crippen LogP contribution in [0.3, 0.4) is 0 Å². The molecule has 0 bridgehead atoms. The minimum Gasteiger partial charge on any atom is -0.477 e. The number of aromatic nitrogens is 1. The Morgan fingerprint density at radius 2 is 2.06 bits per heavy atom. The highest BCUT2D eigenvalue weighted by Gasteiger charge is 2.15. The summed E-state index contributed by atoms with van der Waals surface area (Å²) in [7, 11) is 0. The summed E-state index contributed by atoms with van der Waals surface area (Å²) in [5.74, 6) is 2.07. The Balaban J connectivity index is 1.84. The van der Waals surface area contributed by atoms with Crippen LogP contribution in [0, 0.1) is 5.92 Å². The maximum absolute atomic E-state index is 5.71. The zero-order valence-electron chi connectivity index (χ0n) is 10.3. The third kappa shape index (κ3) is 2.97. The van der Waals surface area contributed by atoms with Crippen molar-refractivity contribution in [1.82, 2.24) is 4.98 Å². The first-order valence-electron chi connectivity index (χ1n) is 6.34. The van der Waals surface area contributed by atoms with E-state index in [0.717, 1.165) is 18.4 Å². The quantitative estimate of drug-likeness (QED) is 0.769. The molecule has 1 aromatic rings. The Morgan fingerprint density at radius 1 is 1.31 bits per heavy atom. The van der Waals surface area contributed by atoms with Crippen molar-refractivity contribution in [1.29, 1.82) is 0 Å². The van der Waals surface area contributed by atoms with Gasteiger partial charge in [-0.15, -0.1) is 0 Å². The molecule has 1 fully saturated rings. The summed E-state index contributed by atoms with van der Waals surface area (Å²) < 4.78 is 5.71. The van der Waals surface area contributed by atoms with Crippen LogP contribution in [0.4, 0.5) is 0 Å². The van der Waals surface area contributed by atoms with Crippen molar-refractivity contribution in [2.24, 2.45) is 5.92 Å². The molecule has 0 N–H and O–H groups in total. The molecule has 88 valence electrons. The van der Waals surface area contributed by atoms with Gasteiger partial charge in [-0.1, -0.05) is 32.8 Å². The minimum absolute atomic E-state index is 0.538. The van der Waals surface area contributed by atoms with Crippen molar-refractivity contribution in [3.05, 3.63) is 23.9 Å². The zero-order chi connectivity index (χ0) is 11.4. The number of rotatable bonds is 4. The predicted octanol–water partition coefficient (Wildman–Crippen LogP) is 3.77. The Morgan fingerprint density at radius 3 is 2.62 bits per heavy atom. The lowest BCUT2D eigenvalue weighted by Gasteiger charge is -2.11. The molecule has 0 amide bonds. The van der Waals surface area contributed by atoms with E-state index < -0.39 is 0 Å². The van der Waals surface area contributed by atoms with Gasteiger partial charge in [0, 0.05) is 12.3 Å². The maximum atomic E-state index is 5.71. The van der Waals surface area contributed by atoms with Crippen LogP contribution in [0.25, 0.3) is 0 Å². The maximum Gasteiger partial charge on any atom is 0.213 e. The van der Waals surface area contributed by atoms with Crippen LogP contribution in [0.15, 0.2) is 18.3 Å². The van der Waals surface area contributed by atoms with Crippen molar-refractivity contribution in [3.8, 4) is 5.88 Å². The lowest BCUT2D eigenvalue weighted by Crippen LogP contribution is -2.08. The fourth-order valence-electron chi connectivity index (χ4n) is 2.20. The second kappa shape index (κ2) is 5.33. The first-order chi connectivity index (χ1) is 7.75. The van der Waals surface area contributed by atoms with Crippen molar-refractivity contribution in [2.45, 2.75) is 45.4 Å². The summed E-state index contributed by atoms with van der Waals surface area (Å²) in [5.41, 5.74) is 1.27. The molecular formula is C14H21NO. The summed E-state index contributed by atoms with van der Waals surface area (Å²) in [5, 5.41) is 0. The van der Waals surface area contributed by atoms with Crippen LogP contribution < -0.4 is 4.74 Å². The van der Waals surface area contributed by atoms with E-state index in [-0.39, 0.29) is 0 Å². The van der Waals surface area contributed by atoms with Gasteiger partial charge in [-0.2, -0.15) is 0 Å². The Hall–Kier alpha value is -1.05. The van der Waals surface area contributed by atoms with Gasteiger partial charge in [0.1, 0.15) is 0 Å². The van der Waals surface area contributed by atoms with Crippen molar-refractivity contribution >= 4 is 0 Å². The van der Waals surface area contributed by atoms with E-state index in [4.69, 9.17) is 4.74 Å². The molecule has 1 aromatic heterocycles. The fourth-order valence-corrected chi connectivity index (χ4v) is 2.20. The monoisotopic (exact) mass is 219 g/mol. The van der Waals surface area contributed by atoms with Gasteiger partial charge in [0.25, 0.3) is 0 Å². The third-order valence-electron chi connectivity index (χ3n) is 3.37. The van der Waals surface area contributed by atoms with E-state index in [1.807, 2.05) is 12.3 Å². The van der Waals surface area contributed by atoms with Crippen LogP contribution in [-0.4, -0.2) is 11.6 Å². The summed E-state index contributed by atoms with van der Waals surface area (Å²) in [4.78, 5) is 4.34. The molecule has 0 aromatic carbocycles. The highest BCUT2D eigenvalue weighted by atomic mass is 16.5. The lowest BCUT2D eigenvalue weighted by atomic mass is 10.1. The Bertz CT molecular complexity index is 312. The molecule has 0 saturated heterocycles. The van der Waals surface area contributed by atoms with Crippen LogP contribution in [0.5, 0.6) is 5.88 Å². The molecule has 0 spiro atoms. The first kappa shape index (κ1) is 11.4. The van der Waals surface area contributed by atoms with Gasteiger partial charge in [-0.25, -0.2) is 4.98 Å². The molecule has 0 radical (unpaired) electrons. The first-order valence-corrected chi connectivity index (χ1v) is 6.34. The number of nitrogens with zero attached hydrogens (tertiary/aromatic N) is 1. The average Bonchev–Trinajstić information content (AvgIpc) is 2.80. The standard InChI is InChI=1S/C14H21NO/c1-11(2)13-7-8-14(15-9-13)16-10-12-5-3-4-6-12/h7-9,11-12H,3-6,10H2,1-2H3. The van der Waals surface area contributed by atoms with E-state index in [0.29, 0.717) is 5.92 Å². The van der Waals surface area contributed by atoms with Crippen molar-refractivity contribution in [3.63, 3.8) is 0 Å². The number of hydrogen-bond acceptors (Lipinski definition) is 2. The molecule has 0 aliphatic heterocycles. The molecule has 1 aliphatic rings. The predicted molar refractivity (Wildman–Crippen MR) is 65.8 cm³/mol. The highest BCUT2D eigenvalue weighted by molar-refractivity contribution is 5.20. The lowest BCUT2D eigenvalue weighted by molar-refractivity contribution is 0.243. The second-order valence-corrected chi connectivity index (χ2v) is 5.05. The summed E-state index contributed by atoms with van der Waals surface area (Å²) >= 11 is 0. The average molecular weight is 219 g/mol. The van der Waals surface area contributed by atoms with Gasteiger partial charge in [0.05, 0.1) is 6.61 Å². The molecule has 1 saturated carbocycles. The van der Waals surface area contributed by atoms with E-state index in [9.17, 15) is 0 Å². The molecule has 0 unspecified atom stereocenters. The van der Waals surface area contributed by atoms with Crippen LogP contribution in [-0.2, 0) is 0 Å². The van der Waals surface area contributed by atoms with Crippen LogP contribution in [0.2, 0.25) is 0 Å². The minimum atomic E-state index is 0.538. The molecule has 2 heteroatoms. The topological polar surface area (TPSA) is 22.1 Å². The largest absolute Gasteiger partial charge is 0.477 e. The van der Waals surface area contributed by atoms with Gasteiger partial charge in [0.15, 0.2) is 0 Å². The second-order valence-electron chi connectivity index (χ2n) is 5.05. The number of hydrogen-bond donors (Lipinski definition) is 0. The third-order valence-corrected chi connectivity index (χ3v) is 3.37. The van der Waals surface area contributed by atoms with E-state index >= 15 is 0 Å². The van der Waals surface area contributed by atoms with Crippen LogP contribution in [0.1, 0.15) is 51.0 Å². The normalized spacial score (nSPS) is 16.9. The van der Waals surface area contributed by atoms with Gasteiger partial charge in [-0.3, -0.25) is 0 Å². The molecule has 0 atom stereocenters. The van der Waals surface area contributed by atoms with Crippen LogP contribution >= 0.6 is 0 Å². The Labute approximate surface area is 98.0 Å². The van der Waals surface area contributed by atoms with Crippen molar-refractivity contribution in [2.75, 3.05) is 6.61 Å².